The molecule has 5 nitrogen and oxygen atoms in total. The number of amides is 1. The highest BCUT2D eigenvalue weighted by molar-refractivity contribution is 7.91. The zero-order valence-electron chi connectivity index (χ0n) is 14.1. The van der Waals surface area contributed by atoms with Gasteiger partial charge in [0.25, 0.3) is 5.91 Å². The van der Waals surface area contributed by atoms with Gasteiger partial charge >= 0.3 is 0 Å². The molecule has 0 atom stereocenters. The van der Waals surface area contributed by atoms with E-state index in [0.29, 0.717) is 11.3 Å². The Balaban J connectivity index is 1.95. The molecular formula is C20H18N2O3S. The minimum Gasteiger partial charge on any atom is -0.398 e. The minimum atomic E-state index is -3.79. The quantitative estimate of drug-likeness (QED) is 0.690. The van der Waals surface area contributed by atoms with Crippen LogP contribution in [0.2, 0.25) is 0 Å². The fraction of sp³-hybridized carbons (Fsp3) is 0.0500. The normalized spacial score (nSPS) is 11.1. The number of hydrogen-bond donors (Lipinski definition) is 2. The van der Waals surface area contributed by atoms with E-state index >= 15 is 0 Å². The lowest BCUT2D eigenvalue weighted by atomic mass is 10.2. The summed E-state index contributed by atoms with van der Waals surface area (Å²) < 4.78 is 25.8. The summed E-state index contributed by atoms with van der Waals surface area (Å²) in [6, 6.07) is 19.6. The van der Waals surface area contributed by atoms with E-state index in [9.17, 15) is 13.2 Å². The van der Waals surface area contributed by atoms with Crippen molar-refractivity contribution >= 4 is 27.1 Å². The van der Waals surface area contributed by atoms with Gasteiger partial charge in [-0.25, -0.2) is 8.42 Å². The smallest absolute Gasteiger partial charge is 0.255 e. The number of nitrogen functional groups attached to an aromatic ring is 1. The van der Waals surface area contributed by atoms with Crippen LogP contribution in [0.1, 0.15) is 15.9 Å². The molecule has 0 fully saturated rings. The van der Waals surface area contributed by atoms with Crippen LogP contribution in [-0.4, -0.2) is 14.3 Å². The van der Waals surface area contributed by atoms with Gasteiger partial charge in [0.05, 0.1) is 15.5 Å². The number of rotatable bonds is 4. The number of hydrogen-bond acceptors (Lipinski definition) is 4. The number of sulfone groups is 1. The highest BCUT2D eigenvalue weighted by atomic mass is 32.2. The second-order valence-electron chi connectivity index (χ2n) is 5.89. The van der Waals surface area contributed by atoms with Crippen LogP contribution in [-0.2, 0) is 9.84 Å². The molecule has 0 aliphatic rings. The SMILES string of the molecule is Cc1ccc(S(=O)(=O)c2cc(NC(=O)c3ccccc3)ccc2N)cc1. The van der Waals surface area contributed by atoms with Gasteiger partial charge in [-0.05, 0) is 49.4 Å². The Morgan fingerprint density at radius 2 is 1.58 bits per heavy atom. The van der Waals surface area contributed by atoms with Crippen molar-refractivity contribution in [3.63, 3.8) is 0 Å². The third kappa shape index (κ3) is 3.60. The summed E-state index contributed by atoms with van der Waals surface area (Å²) in [5.74, 6) is -0.325. The van der Waals surface area contributed by atoms with Crippen LogP contribution < -0.4 is 11.1 Å². The van der Waals surface area contributed by atoms with Gasteiger partial charge < -0.3 is 11.1 Å². The van der Waals surface area contributed by atoms with Crippen LogP contribution in [0.15, 0.2) is 82.6 Å². The number of nitrogens with two attached hydrogens (primary N) is 1. The lowest BCUT2D eigenvalue weighted by Gasteiger charge is -2.11. The first-order valence-electron chi connectivity index (χ1n) is 7.95. The molecule has 0 heterocycles. The summed E-state index contributed by atoms with van der Waals surface area (Å²) in [6.45, 7) is 1.88. The van der Waals surface area contributed by atoms with E-state index in [4.69, 9.17) is 5.73 Å². The zero-order chi connectivity index (χ0) is 18.7. The monoisotopic (exact) mass is 366 g/mol. The van der Waals surface area contributed by atoms with E-state index in [1.165, 1.54) is 12.1 Å². The number of carbonyl (C=O) groups excluding carboxylic acids is 1. The van der Waals surface area contributed by atoms with Crippen molar-refractivity contribution in [3.8, 4) is 0 Å². The fourth-order valence-electron chi connectivity index (χ4n) is 2.48. The Hall–Kier alpha value is -3.12. The predicted molar refractivity (Wildman–Crippen MR) is 102 cm³/mol. The van der Waals surface area contributed by atoms with E-state index in [1.54, 1.807) is 54.6 Å². The van der Waals surface area contributed by atoms with Crippen molar-refractivity contribution in [2.75, 3.05) is 11.1 Å². The number of carbonyl (C=O) groups is 1. The van der Waals surface area contributed by atoms with Gasteiger partial charge in [-0.3, -0.25) is 4.79 Å². The number of anilines is 2. The summed E-state index contributed by atoms with van der Waals surface area (Å²) in [7, 11) is -3.79. The minimum absolute atomic E-state index is 0.0350. The summed E-state index contributed by atoms with van der Waals surface area (Å²) in [5, 5.41) is 2.70. The van der Waals surface area contributed by atoms with Crippen LogP contribution in [0.3, 0.4) is 0 Å². The van der Waals surface area contributed by atoms with E-state index in [2.05, 4.69) is 5.32 Å². The first-order valence-corrected chi connectivity index (χ1v) is 9.44. The average molecular weight is 366 g/mol. The maximum absolute atomic E-state index is 12.9. The lowest BCUT2D eigenvalue weighted by Crippen LogP contribution is -2.13. The molecule has 0 bridgehead atoms. The Labute approximate surface area is 152 Å². The summed E-state index contributed by atoms with van der Waals surface area (Å²) in [5.41, 5.74) is 7.82. The first kappa shape index (κ1) is 17.7. The number of aryl methyl sites for hydroxylation is 1. The Morgan fingerprint density at radius 1 is 0.923 bits per heavy atom. The molecule has 0 unspecified atom stereocenters. The van der Waals surface area contributed by atoms with E-state index < -0.39 is 9.84 Å². The van der Waals surface area contributed by atoms with Gasteiger partial charge in [0.2, 0.25) is 9.84 Å². The molecule has 3 N–H and O–H groups in total. The van der Waals surface area contributed by atoms with Crippen molar-refractivity contribution < 1.29 is 13.2 Å². The highest BCUT2D eigenvalue weighted by Gasteiger charge is 2.21. The lowest BCUT2D eigenvalue weighted by molar-refractivity contribution is 0.102. The molecule has 0 aliphatic carbocycles. The molecule has 26 heavy (non-hydrogen) atoms. The highest BCUT2D eigenvalue weighted by Crippen LogP contribution is 2.29. The topological polar surface area (TPSA) is 89.3 Å². The standard InChI is InChI=1S/C20H18N2O3S/c1-14-7-10-17(11-8-14)26(24,25)19-13-16(9-12-18(19)21)22-20(23)15-5-3-2-4-6-15/h2-13H,21H2,1H3,(H,22,23). The van der Waals surface area contributed by atoms with Crippen molar-refractivity contribution in [2.45, 2.75) is 16.7 Å². The zero-order valence-corrected chi connectivity index (χ0v) is 15.0. The maximum Gasteiger partial charge on any atom is 0.255 e. The molecule has 0 aliphatic heterocycles. The van der Waals surface area contributed by atoms with E-state index in [1.807, 2.05) is 13.0 Å². The summed E-state index contributed by atoms with van der Waals surface area (Å²) in [4.78, 5) is 12.4. The molecule has 0 radical (unpaired) electrons. The predicted octanol–water partition coefficient (Wildman–Crippen LogP) is 3.66. The molecule has 3 rings (SSSR count). The Bertz CT molecular complexity index is 1040. The van der Waals surface area contributed by atoms with Crippen LogP contribution >= 0.6 is 0 Å². The van der Waals surface area contributed by atoms with Gasteiger partial charge in [-0.2, -0.15) is 0 Å². The van der Waals surface area contributed by atoms with Crippen LogP contribution in [0.25, 0.3) is 0 Å². The average Bonchev–Trinajstić information content (AvgIpc) is 2.64. The van der Waals surface area contributed by atoms with Gasteiger partial charge in [0, 0.05) is 11.3 Å². The Morgan fingerprint density at radius 3 is 2.23 bits per heavy atom. The van der Waals surface area contributed by atoms with E-state index in [0.717, 1.165) is 5.56 Å². The van der Waals surface area contributed by atoms with Crippen LogP contribution in [0, 0.1) is 6.92 Å². The van der Waals surface area contributed by atoms with Gasteiger partial charge in [-0.15, -0.1) is 0 Å². The molecule has 0 spiro atoms. The largest absolute Gasteiger partial charge is 0.398 e. The third-order valence-corrected chi connectivity index (χ3v) is 5.75. The maximum atomic E-state index is 12.9. The molecule has 132 valence electrons. The van der Waals surface area contributed by atoms with Crippen molar-refractivity contribution in [2.24, 2.45) is 0 Å². The first-order chi connectivity index (χ1) is 12.4. The summed E-state index contributed by atoms with van der Waals surface area (Å²) in [6.07, 6.45) is 0. The van der Waals surface area contributed by atoms with Gasteiger partial charge in [0.15, 0.2) is 0 Å². The molecule has 0 saturated carbocycles. The number of benzene rings is 3. The van der Waals surface area contributed by atoms with Gasteiger partial charge in [0.1, 0.15) is 0 Å². The second-order valence-corrected chi connectivity index (χ2v) is 7.81. The molecule has 6 heteroatoms. The van der Waals surface area contributed by atoms with Crippen LogP contribution in [0.4, 0.5) is 11.4 Å². The van der Waals surface area contributed by atoms with E-state index in [-0.39, 0.29) is 21.4 Å². The van der Waals surface area contributed by atoms with Crippen molar-refractivity contribution in [3.05, 3.63) is 83.9 Å². The fourth-order valence-corrected chi connectivity index (χ4v) is 3.89. The molecule has 3 aromatic rings. The summed E-state index contributed by atoms with van der Waals surface area (Å²) >= 11 is 0. The molecule has 1 amide bonds. The molecule has 0 aromatic heterocycles. The number of nitrogens with one attached hydrogen (secondary N) is 1. The molecule has 0 saturated heterocycles. The van der Waals surface area contributed by atoms with Crippen LogP contribution in [0.5, 0.6) is 0 Å². The Kier molecular flexibility index (Phi) is 4.77. The van der Waals surface area contributed by atoms with Gasteiger partial charge in [-0.1, -0.05) is 35.9 Å². The van der Waals surface area contributed by atoms with Crippen molar-refractivity contribution in [1.29, 1.82) is 0 Å². The second kappa shape index (κ2) is 7.01. The third-order valence-electron chi connectivity index (χ3n) is 3.93. The van der Waals surface area contributed by atoms with Crippen molar-refractivity contribution in [1.82, 2.24) is 0 Å². The molecule has 3 aromatic carbocycles. The molecular weight excluding hydrogens is 348 g/mol.